The molecule has 3 aliphatic rings. The van der Waals surface area contributed by atoms with Crippen LogP contribution in [0.15, 0.2) is 146 Å². The first kappa shape index (κ1) is 98.1. The van der Waals surface area contributed by atoms with Crippen LogP contribution in [-0.2, 0) is 68.7 Å². The molecule has 135 heavy (non-hydrogen) atoms. The van der Waals surface area contributed by atoms with Gasteiger partial charge in [0.2, 0.25) is 0 Å². The first-order chi connectivity index (χ1) is 64.4. The van der Waals surface area contributed by atoms with Gasteiger partial charge in [0.25, 0.3) is 0 Å². The summed E-state index contributed by atoms with van der Waals surface area (Å²) in [5, 5.41) is 36.8. The molecule has 3 aliphatic heterocycles. The van der Waals surface area contributed by atoms with E-state index in [4.69, 9.17) is 98.2 Å². The number of thiazole rings is 3. The van der Waals surface area contributed by atoms with E-state index in [0.29, 0.717) is 38.4 Å². The Hall–Kier alpha value is -9.98. The van der Waals surface area contributed by atoms with E-state index >= 15 is 0 Å². The van der Waals surface area contributed by atoms with Gasteiger partial charge in [0.15, 0.2) is 18.3 Å². The number of ether oxygens (including phenoxy) is 7. The standard InChI is InChI=1S/C37H43ClN4O4S.C35H39ClN4O4S.C34H37ClN4O3S/c1-8-45-36(43)33(46-37(3,4)5)30-22(2)19-28-34(31(30)23-9-12-26(38)13-10-23)47-35(39-28)24-11-14-29-27(20-24)32(40-41(29)6)25-15-16-42(21-25)17-18-44-7;1-20-17-26-32(29(21-7-10-24(36)11-8-21)28(20)31(34(41)42)44-35(2,3)4)45-33(37-26)22-9-12-27-25(18-22)30(38-39(27)5)23-13-14-40(19-23)15-16-43-6;1-7-41-33(40)30(42-34(3,4)5)27-19(2)16-25-31(28(27)20-8-11-23(35)12-9-20)43-32(37-25)21-10-13-26-24(17-21)29(38-39(26)6)22-14-15-36-18-22/h9-14,19-20,25,33H,8,15-18,21H2,1-7H3;7-12,17-18,23,31H,13-16,19H2,1-6H3,(H,41,42);8-13,16-17,22,30,36H,7,14-15,18H2,1-6H3/t25-,33+;23-,31+;22-,30+/m111/s1. The van der Waals surface area contributed by atoms with Gasteiger partial charge in [0.1, 0.15) is 15.0 Å². The highest BCUT2D eigenvalue weighted by Crippen LogP contribution is 2.51. The predicted molar refractivity (Wildman–Crippen MR) is 547 cm³/mol. The number of carbonyl (C=O) groups is 3. The van der Waals surface area contributed by atoms with Gasteiger partial charge in [0, 0.05) is 167 Å². The largest absolute Gasteiger partial charge is 0.479 e. The van der Waals surface area contributed by atoms with Crippen LogP contribution in [0.3, 0.4) is 0 Å². The second kappa shape index (κ2) is 41.0. The summed E-state index contributed by atoms with van der Waals surface area (Å²) in [5.74, 6) is -0.727. The maximum atomic E-state index is 13.5. The smallest absolute Gasteiger partial charge is 0.339 e. The van der Waals surface area contributed by atoms with Crippen LogP contribution in [0.4, 0.5) is 0 Å². The summed E-state index contributed by atoms with van der Waals surface area (Å²) >= 11 is 23.7. The number of nitrogens with one attached hydrogen (secondary N) is 1. The maximum absolute atomic E-state index is 13.5. The molecule has 3 fully saturated rings. The molecule has 18 rings (SSSR count). The molecule has 6 aromatic heterocycles. The molecule has 708 valence electrons. The van der Waals surface area contributed by atoms with Crippen molar-refractivity contribution in [3.63, 3.8) is 0 Å². The number of carbonyl (C=O) groups excluding carboxylic acids is 2. The number of carboxylic acids is 1. The molecule has 29 heteroatoms. The number of likely N-dealkylation sites (tertiary alicyclic amines) is 2. The average molecular weight is 1940 g/mol. The number of rotatable bonds is 26. The number of benzene rings is 9. The van der Waals surface area contributed by atoms with Gasteiger partial charge in [-0.3, -0.25) is 14.0 Å². The summed E-state index contributed by atoms with van der Waals surface area (Å²) < 4.78 is 49.6. The number of fused-ring (bicyclic) bond motifs is 6. The number of hydrogen-bond acceptors (Lipinski definition) is 22. The van der Waals surface area contributed by atoms with E-state index < -0.39 is 53.0 Å². The van der Waals surface area contributed by atoms with Crippen molar-refractivity contribution in [3.8, 4) is 65.1 Å². The Morgan fingerprint density at radius 3 is 1.05 bits per heavy atom. The predicted octanol–water partition coefficient (Wildman–Crippen LogP) is 24.2. The van der Waals surface area contributed by atoms with Gasteiger partial charge in [-0.1, -0.05) is 71.2 Å². The maximum Gasteiger partial charge on any atom is 0.339 e. The van der Waals surface area contributed by atoms with E-state index in [1.165, 1.54) is 10.8 Å². The van der Waals surface area contributed by atoms with Crippen molar-refractivity contribution < 1.29 is 52.6 Å². The van der Waals surface area contributed by atoms with Crippen molar-refractivity contribution in [2.24, 2.45) is 21.1 Å². The molecule has 3 saturated heterocycles. The molecule has 0 bridgehead atoms. The number of esters is 2. The zero-order valence-electron chi connectivity index (χ0n) is 80.2. The molecule has 0 aliphatic carbocycles. The van der Waals surface area contributed by atoms with Crippen molar-refractivity contribution in [3.05, 3.63) is 211 Å². The van der Waals surface area contributed by atoms with E-state index in [0.717, 1.165) is 247 Å². The van der Waals surface area contributed by atoms with Gasteiger partial charge >= 0.3 is 17.9 Å². The summed E-state index contributed by atoms with van der Waals surface area (Å²) in [6.45, 7) is 36.7. The lowest BCUT2D eigenvalue weighted by molar-refractivity contribution is -0.167. The van der Waals surface area contributed by atoms with Crippen molar-refractivity contribution in [1.82, 2.24) is 59.4 Å². The second-order valence-electron chi connectivity index (χ2n) is 38.2. The van der Waals surface area contributed by atoms with Gasteiger partial charge in [-0.15, -0.1) is 34.0 Å². The molecule has 0 saturated carbocycles. The van der Waals surface area contributed by atoms with Crippen LogP contribution in [0.25, 0.3) is 128 Å². The third-order valence-corrected chi connectivity index (χ3v) is 29.1. The molecular formula is C106H119Cl3N12O11S3. The molecule has 0 amide bonds. The minimum Gasteiger partial charge on any atom is -0.479 e. The fourth-order valence-corrected chi connectivity index (χ4v) is 22.7. The molecule has 0 unspecified atom stereocenters. The zero-order chi connectivity index (χ0) is 96.0. The van der Waals surface area contributed by atoms with E-state index in [9.17, 15) is 19.5 Å². The van der Waals surface area contributed by atoms with Gasteiger partial charge in [0.05, 0.1) is 108 Å². The normalized spacial score (nSPS) is 16.4. The molecule has 0 radical (unpaired) electrons. The van der Waals surface area contributed by atoms with Crippen LogP contribution in [0, 0.1) is 20.8 Å². The monoisotopic (exact) mass is 1940 g/mol. The SMILES string of the molecule is CCOC(=O)[C@@H](OC(C)(C)C)c1c(C)cc2nc(-c3ccc4c(c3)c([C@@H]3CCN(CCOC)C3)nn4C)sc2c1-c1ccc(Cl)cc1.CCOC(=O)[C@@H](OC(C)(C)C)c1c(C)cc2nc(-c3ccc4c(c3)c([C@@H]3CCNC3)nn4C)sc2c1-c1ccc(Cl)cc1.COCCN1CC[C@@H](c2nn(C)c3ccc(-c4nc5cc(C)c([C@H](OC(C)(C)C)C(=O)O)c(-c6ccc(Cl)cc6)c5s4)cc23)C1. The third kappa shape index (κ3) is 21.5. The van der Waals surface area contributed by atoms with Gasteiger partial charge < -0.3 is 53.4 Å². The van der Waals surface area contributed by atoms with E-state index in [1.54, 1.807) is 48.2 Å². The Labute approximate surface area is 815 Å². The summed E-state index contributed by atoms with van der Waals surface area (Å²) in [4.78, 5) is 60.0. The van der Waals surface area contributed by atoms with Crippen LogP contribution >= 0.6 is 68.8 Å². The lowest BCUT2D eigenvalue weighted by Crippen LogP contribution is -2.29. The minimum atomic E-state index is -1.16. The summed E-state index contributed by atoms with van der Waals surface area (Å²) in [6.07, 6.45) is 0.243. The highest BCUT2D eigenvalue weighted by Gasteiger charge is 2.39. The van der Waals surface area contributed by atoms with Gasteiger partial charge in [-0.25, -0.2) is 29.3 Å². The number of nitrogens with zero attached hydrogens (tertiary/aromatic N) is 11. The first-order valence-corrected chi connectivity index (χ1v) is 49.8. The molecule has 23 nitrogen and oxygen atoms in total. The topological polar surface area (TPSA) is 247 Å². The Bertz CT molecular complexity index is 6900. The fourth-order valence-electron chi connectivity index (χ4n) is 18.9. The van der Waals surface area contributed by atoms with E-state index in [1.807, 2.05) is 211 Å². The summed E-state index contributed by atoms with van der Waals surface area (Å²) in [5.41, 5.74) is 20.7. The average Bonchev–Trinajstić information content (AvgIpc) is 1.64. The second-order valence-corrected chi connectivity index (χ2v) is 42.5. The van der Waals surface area contributed by atoms with Gasteiger partial charge in [-0.05, 0) is 278 Å². The molecule has 6 atom stereocenters. The number of hydrogen-bond donors (Lipinski definition) is 2. The summed E-state index contributed by atoms with van der Waals surface area (Å²) in [6, 6.07) is 48.5. The summed E-state index contributed by atoms with van der Waals surface area (Å²) in [7, 11) is 9.52. The Kier molecular flexibility index (Phi) is 29.8. The molecule has 0 spiro atoms. The lowest BCUT2D eigenvalue weighted by atomic mass is 9.91. The van der Waals surface area contributed by atoms with Crippen LogP contribution in [0.5, 0.6) is 0 Å². The molecular weight excluding hydrogens is 1820 g/mol. The first-order valence-electron chi connectivity index (χ1n) is 46.2. The van der Waals surface area contributed by atoms with E-state index in [2.05, 4.69) is 81.8 Å². The number of methoxy groups -OCH3 is 2. The molecule has 15 aromatic rings. The molecule has 2 N–H and O–H groups in total. The quantitative estimate of drug-likeness (QED) is 0.0478. The molecule has 9 heterocycles. The fraction of sp³-hybridized carbons (Fsp3) is 0.406. The van der Waals surface area contributed by atoms with Crippen molar-refractivity contribution >= 4 is 150 Å². The van der Waals surface area contributed by atoms with E-state index in [-0.39, 0.29) is 13.2 Å². The zero-order valence-corrected chi connectivity index (χ0v) is 85.0. The Morgan fingerprint density at radius 1 is 0.444 bits per heavy atom. The highest BCUT2D eigenvalue weighted by atomic mass is 35.5. The number of halogens is 3. The van der Waals surface area contributed by atoms with Crippen LogP contribution in [-0.4, -0.2) is 187 Å². The third-order valence-electron chi connectivity index (χ3n) is 25.0. The minimum absolute atomic E-state index is 0.260. The van der Waals surface area contributed by atoms with Crippen LogP contribution in [0.1, 0.15) is 182 Å². The lowest BCUT2D eigenvalue weighted by Gasteiger charge is -2.29. The number of aliphatic carboxylic acids is 1. The van der Waals surface area contributed by atoms with Crippen molar-refractivity contribution in [2.45, 2.75) is 169 Å². The van der Waals surface area contributed by atoms with Crippen LogP contribution < -0.4 is 5.32 Å². The van der Waals surface area contributed by atoms with Crippen LogP contribution in [0.2, 0.25) is 15.1 Å². The number of carboxylic acid groups (broad SMARTS) is 1. The van der Waals surface area contributed by atoms with Crippen molar-refractivity contribution in [2.75, 3.05) is 93.0 Å². The highest BCUT2D eigenvalue weighted by molar-refractivity contribution is 7.23. The molecule has 9 aromatic carbocycles. The Balaban J connectivity index is 0.000000147. The van der Waals surface area contributed by atoms with Gasteiger partial charge in [-0.2, -0.15) is 15.3 Å². The van der Waals surface area contributed by atoms with Crippen molar-refractivity contribution in [1.29, 1.82) is 0 Å². The Morgan fingerprint density at radius 2 is 0.756 bits per heavy atom. The number of aromatic nitrogens is 9. The number of aryl methyl sites for hydroxylation is 6.